The highest BCUT2D eigenvalue weighted by Crippen LogP contribution is 2.50. The first kappa shape index (κ1) is 22.7. The van der Waals surface area contributed by atoms with Crippen LogP contribution in [-0.2, 0) is 0 Å². The SMILES string of the molecule is CCN(C)SNc1ccc(F)c(Oc2ccc3ncn(C4CC5(CNC5)C4)c(=O)c3c2)c1C#N. The molecule has 1 spiro atoms. The van der Waals surface area contributed by atoms with Gasteiger partial charge >= 0.3 is 0 Å². The number of benzene rings is 2. The number of hydrogen-bond acceptors (Lipinski definition) is 8. The van der Waals surface area contributed by atoms with E-state index in [9.17, 15) is 14.4 Å². The molecule has 0 bridgehead atoms. The van der Waals surface area contributed by atoms with Crippen LogP contribution in [0.25, 0.3) is 10.9 Å². The van der Waals surface area contributed by atoms with E-state index >= 15 is 0 Å². The lowest BCUT2D eigenvalue weighted by atomic mass is 9.61. The van der Waals surface area contributed by atoms with Gasteiger partial charge in [0.25, 0.3) is 5.56 Å². The van der Waals surface area contributed by atoms with E-state index in [-0.39, 0.29) is 28.7 Å². The van der Waals surface area contributed by atoms with Crippen LogP contribution in [0, 0.1) is 22.6 Å². The Balaban J connectivity index is 1.44. The first-order chi connectivity index (χ1) is 16.4. The molecule has 176 valence electrons. The molecule has 2 fully saturated rings. The Labute approximate surface area is 201 Å². The summed E-state index contributed by atoms with van der Waals surface area (Å²) in [4.78, 5) is 17.7. The van der Waals surface area contributed by atoms with E-state index in [1.54, 1.807) is 29.1 Å². The average molecular weight is 481 g/mol. The minimum absolute atomic E-state index is 0.0505. The smallest absolute Gasteiger partial charge is 0.261 e. The minimum atomic E-state index is -0.659. The third-order valence-electron chi connectivity index (χ3n) is 6.68. The topological polar surface area (TPSA) is 95.2 Å². The molecule has 1 aromatic heterocycles. The van der Waals surface area contributed by atoms with Crippen LogP contribution in [-0.4, -0.2) is 40.5 Å². The lowest BCUT2D eigenvalue weighted by molar-refractivity contribution is 0.00590. The van der Waals surface area contributed by atoms with Crippen LogP contribution in [0.5, 0.6) is 11.5 Å². The number of halogens is 1. The molecule has 2 heterocycles. The summed E-state index contributed by atoms with van der Waals surface area (Å²) >= 11 is 1.30. The lowest BCUT2D eigenvalue weighted by Gasteiger charge is -2.54. The van der Waals surface area contributed by atoms with Gasteiger partial charge in [-0.2, -0.15) is 5.26 Å². The van der Waals surface area contributed by atoms with Gasteiger partial charge in [0.15, 0.2) is 11.6 Å². The maximum atomic E-state index is 14.7. The van der Waals surface area contributed by atoms with Crippen LogP contribution < -0.4 is 20.3 Å². The Bertz CT molecular complexity index is 1340. The molecule has 1 aliphatic heterocycles. The fourth-order valence-corrected chi connectivity index (χ4v) is 5.06. The Kier molecular flexibility index (Phi) is 5.93. The van der Waals surface area contributed by atoms with Gasteiger partial charge in [0.1, 0.15) is 17.4 Å². The fraction of sp³-hybridized carbons (Fsp3) is 0.375. The number of anilines is 1. The van der Waals surface area contributed by atoms with Gasteiger partial charge in [-0.25, -0.2) is 13.7 Å². The van der Waals surface area contributed by atoms with Gasteiger partial charge in [0.2, 0.25) is 0 Å². The molecule has 3 aromatic rings. The molecule has 1 saturated heterocycles. The molecule has 8 nitrogen and oxygen atoms in total. The molecule has 0 atom stereocenters. The summed E-state index contributed by atoms with van der Waals surface area (Å²) in [5, 5.41) is 13.4. The molecule has 0 unspecified atom stereocenters. The number of nitrogens with zero attached hydrogens (tertiary/aromatic N) is 4. The molecule has 1 saturated carbocycles. The second kappa shape index (κ2) is 8.91. The van der Waals surface area contributed by atoms with Crippen molar-refractivity contribution >= 4 is 28.7 Å². The van der Waals surface area contributed by atoms with Crippen molar-refractivity contribution in [1.82, 2.24) is 19.2 Å². The van der Waals surface area contributed by atoms with Crippen LogP contribution in [0.1, 0.15) is 31.4 Å². The molecule has 0 amide bonds. The van der Waals surface area contributed by atoms with E-state index in [0.29, 0.717) is 22.0 Å². The van der Waals surface area contributed by atoms with Crippen LogP contribution in [0.4, 0.5) is 10.1 Å². The summed E-state index contributed by atoms with van der Waals surface area (Å²) in [6.07, 6.45) is 3.54. The highest BCUT2D eigenvalue weighted by Gasteiger charge is 2.49. The second-order valence-electron chi connectivity index (χ2n) is 8.95. The zero-order valence-corrected chi connectivity index (χ0v) is 19.8. The van der Waals surface area contributed by atoms with Crippen molar-refractivity contribution in [2.75, 3.05) is 31.4 Å². The number of ether oxygens (including phenoxy) is 1. The zero-order chi connectivity index (χ0) is 23.9. The van der Waals surface area contributed by atoms with E-state index in [0.717, 1.165) is 32.5 Å². The maximum absolute atomic E-state index is 14.7. The Hall–Kier alpha value is -3.13. The molecule has 0 radical (unpaired) electrons. The molecule has 1 aliphatic carbocycles. The molecule has 2 N–H and O–H groups in total. The molecule has 5 rings (SSSR count). The Morgan fingerprint density at radius 1 is 1.38 bits per heavy atom. The molecular formula is C24H25FN6O2S. The van der Waals surface area contributed by atoms with Crippen LogP contribution in [0.15, 0.2) is 41.5 Å². The quantitative estimate of drug-likeness (QED) is 0.489. The van der Waals surface area contributed by atoms with Crippen molar-refractivity contribution in [3.8, 4) is 17.6 Å². The monoisotopic (exact) mass is 480 g/mol. The van der Waals surface area contributed by atoms with Gasteiger partial charge in [0.05, 0.1) is 22.9 Å². The average Bonchev–Trinajstić information content (AvgIpc) is 2.79. The van der Waals surface area contributed by atoms with E-state index in [4.69, 9.17) is 4.74 Å². The molecule has 34 heavy (non-hydrogen) atoms. The number of hydrogen-bond donors (Lipinski definition) is 2. The summed E-state index contributed by atoms with van der Waals surface area (Å²) in [6, 6.07) is 9.79. The van der Waals surface area contributed by atoms with Crippen molar-refractivity contribution in [3.63, 3.8) is 0 Å². The summed E-state index contributed by atoms with van der Waals surface area (Å²) in [5.41, 5.74) is 1.23. The van der Waals surface area contributed by atoms with Crippen molar-refractivity contribution in [2.24, 2.45) is 5.41 Å². The standard InChI is InChI=1S/C24H25FN6O2S/c1-3-30(2)34-29-21-7-5-19(25)22(18(21)11-26)33-16-4-6-20-17(8-16)23(32)31(14-28-20)15-9-24(10-15)12-27-13-24/h4-8,14-15,27,29H,3,9-10,12-13H2,1-2H3. The van der Waals surface area contributed by atoms with Crippen LogP contribution in [0.3, 0.4) is 0 Å². The first-order valence-electron chi connectivity index (χ1n) is 11.2. The third-order valence-corrected chi connectivity index (χ3v) is 7.56. The van der Waals surface area contributed by atoms with Crippen molar-refractivity contribution in [2.45, 2.75) is 25.8 Å². The van der Waals surface area contributed by atoms with Crippen LogP contribution >= 0.6 is 12.1 Å². The molecular weight excluding hydrogens is 455 g/mol. The molecule has 10 heteroatoms. The number of nitriles is 1. The van der Waals surface area contributed by atoms with Gasteiger partial charge in [-0.3, -0.25) is 9.36 Å². The van der Waals surface area contributed by atoms with Crippen molar-refractivity contribution in [3.05, 3.63) is 58.4 Å². The summed E-state index contributed by atoms with van der Waals surface area (Å²) in [5.74, 6) is -0.578. The molecule has 2 aliphatic rings. The number of aromatic nitrogens is 2. The summed E-state index contributed by atoms with van der Waals surface area (Å²) in [6.45, 7) is 4.79. The highest BCUT2D eigenvalue weighted by molar-refractivity contribution is 7.98. The van der Waals surface area contributed by atoms with E-state index < -0.39 is 5.82 Å². The van der Waals surface area contributed by atoms with Gasteiger partial charge in [-0.15, -0.1) is 0 Å². The predicted octanol–water partition coefficient (Wildman–Crippen LogP) is 4.05. The van der Waals surface area contributed by atoms with Crippen molar-refractivity contribution in [1.29, 1.82) is 5.26 Å². The van der Waals surface area contributed by atoms with Gasteiger partial charge in [-0.05, 0) is 55.6 Å². The fourth-order valence-electron chi connectivity index (χ4n) is 4.50. The zero-order valence-electron chi connectivity index (χ0n) is 19.0. The van der Waals surface area contributed by atoms with E-state index in [2.05, 4.69) is 15.0 Å². The Morgan fingerprint density at radius 2 is 2.18 bits per heavy atom. The van der Waals surface area contributed by atoms with Gasteiger partial charge in [-0.1, -0.05) is 6.92 Å². The second-order valence-corrected chi connectivity index (χ2v) is 9.96. The van der Waals surface area contributed by atoms with Crippen LogP contribution in [0.2, 0.25) is 0 Å². The highest BCUT2D eigenvalue weighted by atomic mass is 32.2. The normalized spacial score (nSPS) is 16.8. The first-order valence-corrected chi connectivity index (χ1v) is 12.0. The largest absolute Gasteiger partial charge is 0.453 e. The van der Waals surface area contributed by atoms with Crippen molar-refractivity contribution < 1.29 is 9.13 Å². The Morgan fingerprint density at radius 3 is 2.85 bits per heavy atom. The minimum Gasteiger partial charge on any atom is -0.453 e. The lowest BCUT2D eigenvalue weighted by Crippen LogP contribution is -2.61. The van der Waals surface area contributed by atoms with E-state index in [1.165, 1.54) is 24.3 Å². The maximum Gasteiger partial charge on any atom is 0.261 e. The number of fused-ring (bicyclic) bond motifs is 1. The van der Waals surface area contributed by atoms with E-state index in [1.807, 2.05) is 24.3 Å². The summed E-state index contributed by atoms with van der Waals surface area (Å²) in [7, 11) is 1.90. The van der Waals surface area contributed by atoms with Gasteiger partial charge < -0.3 is 14.8 Å². The van der Waals surface area contributed by atoms with Gasteiger partial charge in [0, 0.05) is 37.8 Å². The molecule has 2 aromatic carbocycles. The number of nitrogens with one attached hydrogen (secondary N) is 2. The summed E-state index contributed by atoms with van der Waals surface area (Å²) < 4.78 is 27.2. The number of rotatable bonds is 7. The third kappa shape index (κ3) is 4.00. The predicted molar refractivity (Wildman–Crippen MR) is 130 cm³/mol.